The topological polar surface area (TPSA) is 74.3 Å². The van der Waals surface area contributed by atoms with Gasteiger partial charge < -0.3 is 9.13 Å². The molecule has 7 nitrogen and oxygen atoms in total. The van der Waals surface area contributed by atoms with Crippen molar-refractivity contribution in [2.24, 2.45) is 0 Å². The Morgan fingerprint density at radius 1 is 0.167 bits per heavy atom. The summed E-state index contributed by atoms with van der Waals surface area (Å²) in [5.74, 6) is 2.63. The minimum absolute atomic E-state index is 0.636. The molecule has 18 aromatic carbocycles. The van der Waals surface area contributed by atoms with Gasteiger partial charge >= 0.3 is 0 Å². The number of aromatic nitrogens is 7. The van der Waals surface area contributed by atoms with E-state index in [1.54, 1.807) is 0 Å². The van der Waals surface area contributed by atoms with Gasteiger partial charge in [-0.1, -0.05) is 328 Å². The van der Waals surface area contributed by atoms with Crippen LogP contribution >= 0.6 is 45.3 Å². The lowest BCUT2D eigenvalue weighted by molar-refractivity contribution is 1.07. The Kier molecular flexibility index (Phi) is 17.6. The number of rotatable bonds is 12. The molecule has 0 atom stereocenters. The first-order valence-electron chi connectivity index (χ1n) is 42.3. The van der Waals surface area contributed by atoms with Gasteiger partial charge in [0, 0.05) is 158 Å². The standard InChI is InChI=1S/C58H35N3S2.C57H34N4S2/c1-4-15-36(16-5-1)39-27-28-46-52(32-39)61(51-30-29-45-43-23-10-12-25-53(43)63-57(45)55(46)51)42-33-47(56-48(34-42)44-24-11-13-26-54(44)62-56)40-21-14-22-41(31-40)58-59-49(37-17-6-2-7-18-37)35-50(60-58)38-19-8-3-9-20-38;1-4-15-35(16-5-1)38-27-28-45-49(32-38)61(48-30-29-44-42-23-10-12-25-50(42)63-54(44)52(45)48)41-33-46(53-47(34-41)43-24-11-13-26-51(43)62-53)39-21-14-22-40(31-39)57-59-55(36-17-6-2-7-18-36)58-56(60-57)37-19-8-3-9-20-37/h1-35H;1-34H. The third kappa shape index (κ3) is 12.5. The second-order valence-electron chi connectivity index (χ2n) is 32.1. The second-order valence-corrected chi connectivity index (χ2v) is 36.3. The molecule has 26 aromatic rings. The van der Waals surface area contributed by atoms with Gasteiger partial charge in [-0.15, -0.1) is 45.3 Å². The van der Waals surface area contributed by atoms with Crippen LogP contribution in [0.2, 0.25) is 0 Å². The minimum Gasteiger partial charge on any atom is -0.309 e. The van der Waals surface area contributed by atoms with E-state index in [0.717, 1.165) is 67.3 Å². The Morgan fingerprint density at radius 2 is 0.468 bits per heavy atom. The van der Waals surface area contributed by atoms with E-state index < -0.39 is 0 Å². The van der Waals surface area contributed by atoms with Crippen LogP contribution < -0.4 is 0 Å². The summed E-state index contributed by atoms with van der Waals surface area (Å²) < 4.78 is 15.3. The third-order valence-corrected chi connectivity index (χ3v) is 29.5. The van der Waals surface area contributed by atoms with Crippen molar-refractivity contribution in [3.63, 3.8) is 0 Å². The first kappa shape index (κ1) is 73.3. The van der Waals surface area contributed by atoms with E-state index in [1.807, 2.05) is 93.9 Å². The molecular weight excluding hydrogens is 1610 g/mol. The Balaban J connectivity index is 0.000000137. The number of nitrogens with zero attached hydrogens (tertiary/aromatic N) is 7. The predicted octanol–water partition coefficient (Wildman–Crippen LogP) is 32.7. The van der Waals surface area contributed by atoms with Gasteiger partial charge in [0.05, 0.1) is 33.5 Å². The van der Waals surface area contributed by atoms with Gasteiger partial charge in [-0.25, -0.2) is 24.9 Å². The average Bonchev–Trinajstić information content (AvgIpc) is 1.55. The molecular formula is C115H69N7S4. The highest BCUT2D eigenvalue weighted by molar-refractivity contribution is 7.28. The summed E-state index contributed by atoms with van der Waals surface area (Å²) in [6.45, 7) is 0. The minimum atomic E-state index is 0.636. The SMILES string of the molecule is c1ccc(-c2ccc3c4c5sc6ccccc6c5ccc4n(-c4cc(-c5cccc(-c6nc(-c7ccccc7)cc(-c7ccccc7)n6)c5)c5sc6ccccc6c5c4)c3c2)cc1.c1ccc(-c2ccc3c4c5sc6ccccc6c5ccc4n(-c4cc(-c5cccc(-c6nc(-c7ccccc7)nc(-c7ccccc7)n6)c5)c5sc6ccccc6c5c4)c3c2)cc1. The Bertz CT molecular complexity index is 8200. The molecule has 8 aromatic heterocycles. The van der Waals surface area contributed by atoms with Crippen molar-refractivity contribution in [3.05, 3.63) is 419 Å². The fraction of sp³-hybridized carbons (Fsp3) is 0. The lowest BCUT2D eigenvalue weighted by atomic mass is 9.99. The first-order chi connectivity index (χ1) is 62.4. The number of fused-ring (bicyclic) bond motifs is 20. The second kappa shape index (κ2) is 30.2. The summed E-state index contributed by atoms with van der Waals surface area (Å²) >= 11 is 7.50. The van der Waals surface area contributed by atoms with Crippen molar-refractivity contribution < 1.29 is 0 Å². The van der Waals surface area contributed by atoms with E-state index in [2.05, 4.69) is 379 Å². The Hall–Kier alpha value is -15.5. The van der Waals surface area contributed by atoms with E-state index in [1.165, 1.54) is 158 Å². The molecule has 0 N–H and O–H groups in total. The molecule has 0 saturated carbocycles. The van der Waals surface area contributed by atoms with Crippen molar-refractivity contribution in [1.29, 1.82) is 0 Å². The molecule has 0 aliphatic rings. The van der Waals surface area contributed by atoms with Gasteiger partial charge in [-0.2, -0.15) is 0 Å². The maximum atomic E-state index is 5.22. The van der Waals surface area contributed by atoms with E-state index >= 15 is 0 Å². The average molecular weight is 1680 g/mol. The highest BCUT2D eigenvalue weighted by Gasteiger charge is 2.26. The molecule has 0 radical (unpaired) electrons. The number of hydrogen-bond donors (Lipinski definition) is 0. The largest absolute Gasteiger partial charge is 0.309 e. The maximum Gasteiger partial charge on any atom is 0.164 e. The monoisotopic (exact) mass is 1680 g/mol. The molecule has 0 bridgehead atoms. The van der Waals surface area contributed by atoms with Gasteiger partial charge in [-0.05, 0) is 124 Å². The van der Waals surface area contributed by atoms with E-state index in [0.29, 0.717) is 23.3 Å². The fourth-order valence-electron chi connectivity index (χ4n) is 18.7. The summed E-state index contributed by atoms with van der Waals surface area (Å²) in [6, 6.07) is 150. The molecule has 11 heteroatoms. The molecule has 0 unspecified atom stereocenters. The summed E-state index contributed by atoms with van der Waals surface area (Å²) in [7, 11) is 0. The van der Waals surface area contributed by atoms with Crippen LogP contribution in [0.3, 0.4) is 0 Å². The van der Waals surface area contributed by atoms with E-state index in [4.69, 9.17) is 24.9 Å². The zero-order chi connectivity index (χ0) is 82.9. The van der Waals surface area contributed by atoms with Gasteiger partial charge in [0.25, 0.3) is 0 Å². The van der Waals surface area contributed by atoms with Crippen molar-refractivity contribution in [2.45, 2.75) is 0 Å². The fourth-order valence-corrected chi connectivity index (χ4v) is 23.7. The van der Waals surface area contributed by atoms with Crippen molar-refractivity contribution in [3.8, 4) is 124 Å². The molecule has 0 amide bonds. The third-order valence-electron chi connectivity index (χ3n) is 24.6. The number of hydrogen-bond acceptors (Lipinski definition) is 9. The molecule has 588 valence electrons. The molecule has 0 saturated heterocycles. The molecule has 8 heterocycles. The van der Waals surface area contributed by atoms with Crippen LogP contribution in [-0.4, -0.2) is 34.1 Å². The molecule has 0 fully saturated rings. The Labute approximate surface area is 740 Å². The quantitative estimate of drug-likeness (QED) is 0.122. The van der Waals surface area contributed by atoms with Crippen LogP contribution in [0.5, 0.6) is 0 Å². The maximum absolute atomic E-state index is 5.22. The lowest BCUT2D eigenvalue weighted by Gasteiger charge is -2.14. The molecule has 0 aliphatic heterocycles. The van der Waals surface area contributed by atoms with Crippen molar-refractivity contribution in [1.82, 2.24) is 34.1 Å². The first-order valence-corrected chi connectivity index (χ1v) is 45.6. The summed E-state index contributed by atoms with van der Waals surface area (Å²) in [5.41, 5.74) is 24.1. The van der Waals surface area contributed by atoms with Gasteiger partial charge in [0.15, 0.2) is 23.3 Å². The highest BCUT2D eigenvalue weighted by atomic mass is 32.1. The van der Waals surface area contributed by atoms with E-state index in [9.17, 15) is 0 Å². The van der Waals surface area contributed by atoms with E-state index in [-0.39, 0.29) is 0 Å². The normalized spacial score (nSPS) is 11.8. The molecule has 0 aliphatic carbocycles. The van der Waals surface area contributed by atoms with Crippen molar-refractivity contribution in [2.75, 3.05) is 0 Å². The zero-order valence-corrected chi connectivity index (χ0v) is 70.9. The summed E-state index contributed by atoms with van der Waals surface area (Å²) in [4.78, 5) is 25.6. The van der Waals surface area contributed by atoms with Crippen LogP contribution in [0, 0.1) is 0 Å². The molecule has 0 spiro atoms. The molecule has 126 heavy (non-hydrogen) atoms. The Morgan fingerprint density at radius 3 is 0.857 bits per heavy atom. The number of benzene rings is 18. The van der Waals surface area contributed by atoms with Crippen LogP contribution in [0.15, 0.2) is 419 Å². The van der Waals surface area contributed by atoms with Crippen LogP contribution in [-0.2, 0) is 0 Å². The predicted molar refractivity (Wildman–Crippen MR) is 536 cm³/mol. The lowest BCUT2D eigenvalue weighted by Crippen LogP contribution is -2.00. The highest BCUT2D eigenvalue weighted by Crippen LogP contribution is 2.51. The number of thiophene rings is 4. The van der Waals surface area contributed by atoms with Gasteiger partial charge in [0.1, 0.15) is 0 Å². The molecule has 26 rings (SSSR count). The van der Waals surface area contributed by atoms with Crippen LogP contribution in [0.25, 0.3) is 248 Å². The zero-order valence-electron chi connectivity index (χ0n) is 67.6. The summed E-state index contributed by atoms with van der Waals surface area (Å²) in [5, 5.41) is 15.3. The smallest absolute Gasteiger partial charge is 0.164 e. The summed E-state index contributed by atoms with van der Waals surface area (Å²) in [6.07, 6.45) is 0. The van der Waals surface area contributed by atoms with Crippen LogP contribution in [0.1, 0.15) is 0 Å². The van der Waals surface area contributed by atoms with Gasteiger partial charge in [0.2, 0.25) is 0 Å². The van der Waals surface area contributed by atoms with Crippen LogP contribution in [0.4, 0.5) is 0 Å². The van der Waals surface area contributed by atoms with Gasteiger partial charge in [-0.3, -0.25) is 0 Å². The van der Waals surface area contributed by atoms with Crippen molar-refractivity contribution >= 4 is 170 Å².